The first kappa shape index (κ1) is 66.6. The van der Waals surface area contributed by atoms with Crippen LogP contribution in [-0.2, 0) is 16.2 Å². The second-order valence-electron chi connectivity index (χ2n) is 32.3. The van der Waals surface area contributed by atoms with Gasteiger partial charge in [-0.05, 0) is 175 Å². The molecule has 0 aromatic heterocycles. The molecule has 0 N–H and O–H groups in total. The molecule has 0 amide bonds. The fourth-order valence-electron chi connectivity index (χ4n) is 9.85. The van der Waals surface area contributed by atoms with Crippen molar-refractivity contribution in [2.24, 2.45) is 64.1 Å². The summed E-state index contributed by atoms with van der Waals surface area (Å²) in [5, 5.41) is 0. The summed E-state index contributed by atoms with van der Waals surface area (Å²) in [6.07, 6.45) is 11.2. The van der Waals surface area contributed by atoms with Gasteiger partial charge in [0.15, 0.2) is 0 Å². The first-order valence-corrected chi connectivity index (χ1v) is 32.6. The van der Waals surface area contributed by atoms with Crippen LogP contribution < -0.4 is 0 Å². The minimum absolute atomic E-state index is 0. The van der Waals surface area contributed by atoms with Gasteiger partial charge in [-0.15, -0.1) is 0 Å². The van der Waals surface area contributed by atoms with E-state index in [-0.39, 0.29) is 40.8 Å². The van der Waals surface area contributed by atoms with Gasteiger partial charge in [0, 0.05) is 13.8 Å². The molecule has 0 saturated heterocycles. The van der Waals surface area contributed by atoms with Gasteiger partial charge in [0.25, 0.3) is 0 Å². The highest BCUT2D eigenvalue weighted by atomic mass is 14.3. The van der Waals surface area contributed by atoms with Crippen molar-refractivity contribution in [3.8, 4) is 0 Å². The van der Waals surface area contributed by atoms with E-state index in [4.69, 9.17) is 12.3 Å². The van der Waals surface area contributed by atoms with E-state index in [1.807, 2.05) is 76.2 Å². The van der Waals surface area contributed by atoms with Gasteiger partial charge in [-0.25, -0.2) is 0 Å². The van der Waals surface area contributed by atoms with Crippen LogP contribution in [0.1, 0.15) is 410 Å². The SMILES string of the molecule is CC(C)C(C)C.CC(C)C1CCC(C)(C)CC1.CC(C)C1CCCCC1.CC(C)c1c(C(C)(C)C)cccc1C(C)(C)C.[2HH].[2H]C(C)(C)c1cc(C([2H])(C)C)c(C(C)C)c(C(C)(C)C)c1.[2H]C([2H])(C(C)C)C(C)(C)C.[2H]C([2H])(C)C(C)C.[2H]C([2H])([2H])C(C)C. The minimum Gasteiger partial charge on any atom is -0.0651 e. The molecule has 79 heavy (non-hydrogen) atoms. The average molecular weight is 1120 g/mol. The Kier molecular flexibility index (Phi) is 33.6. The van der Waals surface area contributed by atoms with Crippen molar-refractivity contribution in [3.05, 3.63) is 69.3 Å². The molecule has 2 saturated carbocycles. The largest absolute Gasteiger partial charge is 0.0651 e. The zero-order valence-corrected chi connectivity index (χ0v) is 61.1. The lowest BCUT2D eigenvalue weighted by atomic mass is 9.70. The fraction of sp³-hybridized carbons (Fsp3) is 0.848. The van der Waals surface area contributed by atoms with E-state index in [2.05, 4.69) is 190 Å². The molecule has 0 aliphatic heterocycles. The van der Waals surface area contributed by atoms with E-state index in [1.54, 1.807) is 26.3 Å². The molecule has 2 fully saturated rings. The quantitative estimate of drug-likeness (QED) is 0.235. The number of hydrogen-bond acceptors (Lipinski definition) is 0. The number of rotatable bonds is 9. The first-order valence-electron chi connectivity index (χ1n) is 37.1. The van der Waals surface area contributed by atoms with Crippen LogP contribution in [0.3, 0.4) is 0 Å². The van der Waals surface area contributed by atoms with E-state index in [0.717, 1.165) is 46.6 Å². The Morgan fingerprint density at radius 1 is 0.519 bits per heavy atom. The molecule has 472 valence electrons. The van der Waals surface area contributed by atoms with E-state index in [1.165, 1.54) is 80.0 Å². The van der Waals surface area contributed by atoms with Gasteiger partial charge in [-0.2, -0.15) is 0 Å². The molecule has 0 heterocycles. The molecule has 0 spiro atoms. The average Bonchev–Trinajstić information content (AvgIpc) is 3.32. The summed E-state index contributed by atoms with van der Waals surface area (Å²) in [5.74, 6) is 5.30. The van der Waals surface area contributed by atoms with Crippen molar-refractivity contribution in [1.82, 2.24) is 0 Å². The van der Waals surface area contributed by atoms with Crippen LogP contribution in [0.15, 0.2) is 30.3 Å². The molecule has 2 aromatic rings. The number of hydrogen-bond donors (Lipinski definition) is 0. The van der Waals surface area contributed by atoms with Crippen molar-refractivity contribution >= 4 is 0 Å². The van der Waals surface area contributed by atoms with Crippen molar-refractivity contribution in [3.63, 3.8) is 0 Å². The molecular weight excluding hydrogens is 949 g/mol. The summed E-state index contributed by atoms with van der Waals surface area (Å²) in [7, 11) is 0. The van der Waals surface area contributed by atoms with Gasteiger partial charge in [-0.3, -0.25) is 0 Å². The summed E-state index contributed by atoms with van der Waals surface area (Å²) in [6, 6.07) is 11.1. The predicted molar refractivity (Wildman–Crippen MR) is 374 cm³/mol. The van der Waals surface area contributed by atoms with Crippen molar-refractivity contribution in [1.29, 1.82) is 0 Å². The smallest absolute Gasteiger partial charge is 0.0347 e. The molecule has 0 nitrogen and oxygen atoms in total. The number of benzene rings is 2. The lowest BCUT2D eigenvalue weighted by Crippen LogP contribution is -2.23. The maximum Gasteiger partial charge on any atom is 0.0347 e. The van der Waals surface area contributed by atoms with Crippen LogP contribution in [0.25, 0.3) is 0 Å². The van der Waals surface area contributed by atoms with Crippen molar-refractivity contribution in [2.45, 2.75) is 373 Å². The Balaban J connectivity index is -0.000000313. The molecule has 2 aliphatic rings. The highest BCUT2D eigenvalue weighted by Gasteiger charge is 2.29. The lowest BCUT2D eigenvalue weighted by Gasteiger charge is -2.36. The summed E-state index contributed by atoms with van der Waals surface area (Å²) in [5.41, 5.74) is 10.1. The van der Waals surface area contributed by atoms with Gasteiger partial charge in [0.05, 0.1) is 0 Å². The summed E-state index contributed by atoms with van der Waals surface area (Å²) in [4.78, 5) is 0. The Morgan fingerprint density at radius 3 is 1.09 bits per heavy atom. The molecule has 2 aliphatic carbocycles. The van der Waals surface area contributed by atoms with Crippen LogP contribution in [0, 0.1) is 64.1 Å². The Bertz CT molecular complexity index is 2040. The summed E-state index contributed by atoms with van der Waals surface area (Å²) in [6.45, 7) is 77.1. The Labute approximate surface area is 518 Å². The van der Waals surface area contributed by atoms with E-state index < -0.39 is 31.4 Å². The summed E-state index contributed by atoms with van der Waals surface area (Å²) < 4.78 is 66.6. The fourth-order valence-corrected chi connectivity index (χ4v) is 9.85. The molecule has 0 heteroatoms. The van der Waals surface area contributed by atoms with Crippen LogP contribution in [0.2, 0.25) is 0 Å². The second-order valence-corrected chi connectivity index (χ2v) is 32.3. The predicted octanol–water partition coefficient (Wildman–Crippen LogP) is 28.2. The zero-order valence-electron chi connectivity index (χ0n) is 70.1. The third kappa shape index (κ3) is 41.2. The highest BCUT2D eigenvalue weighted by molar-refractivity contribution is 5.47. The molecule has 4 rings (SSSR count). The van der Waals surface area contributed by atoms with E-state index in [9.17, 15) is 0 Å². The van der Waals surface area contributed by atoms with Crippen LogP contribution in [0.5, 0.6) is 0 Å². The zero-order chi connectivity index (χ0) is 71.3. The molecule has 0 bridgehead atoms. The van der Waals surface area contributed by atoms with Gasteiger partial charge in [0.1, 0.15) is 0 Å². The van der Waals surface area contributed by atoms with Gasteiger partial charge in [0.2, 0.25) is 0 Å². The first-order chi connectivity index (χ1) is 38.7. The third-order valence-corrected chi connectivity index (χ3v) is 15.5. The lowest BCUT2D eigenvalue weighted by molar-refractivity contribution is 0.161. The topological polar surface area (TPSA) is 0 Å². The molecule has 0 atom stereocenters. The van der Waals surface area contributed by atoms with Crippen LogP contribution in [0.4, 0.5) is 0 Å². The van der Waals surface area contributed by atoms with Crippen LogP contribution in [-0.4, -0.2) is 0 Å². The normalized spacial score (nSPS) is 17.8. The monoisotopic (exact) mass is 1120 g/mol. The third-order valence-electron chi connectivity index (χ3n) is 15.5. The summed E-state index contributed by atoms with van der Waals surface area (Å²) >= 11 is 0. The highest BCUT2D eigenvalue weighted by Crippen LogP contribution is 2.42. The van der Waals surface area contributed by atoms with Crippen LogP contribution >= 0.6 is 0 Å². The maximum absolute atomic E-state index is 8.55. The van der Waals surface area contributed by atoms with E-state index >= 15 is 0 Å². The van der Waals surface area contributed by atoms with Crippen molar-refractivity contribution < 1.29 is 13.8 Å². The molecule has 0 unspecified atom stereocenters. The second kappa shape index (κ2) is 39.9. The van der Waals surface area contributed by atoms with Gasteiger partial charge in [-0.1, -0.05) is 332 Å². The standard InChI is InChI=1S/C19H32.C17H28.C11H22.C9H18.C8H18.C6H14.C5H12.C4H10.H2/c1-12(2)15-10-16(13(3)4)18(14(5)6)17(11-15)19(7,8)9;1-12(2)15-13(16(3,4)5)10-9-11-14(15)17(6,7)8;1-9(2)10-5-7-11(3,4)8-6-10;1-8(2)9-6-4-3-5-7-9;1-7(2)6-8(3,4)5;1-5(2)6(3)4;1-4-5(2)3;1-4(2)3;/h10-14H,1-9H3;9-12H,1-8H3;9-10H,5-8H2,1-4H3;8-9H,3-7H2,1-2H3;7H,6H2,1-5H3;5-6H,1-4H3;5H,4H2,1-3H3;4H,1-3H3;1H/i12D,13D;;;;6D2;;4D2;1D3;1+1. The molecular formula is C79H156. The van der Waals surface area contributed by atoms with E-state index in [0.29, 0.717) is 17.3 Å². The molecule has 2 aromatic carbocycles. The minimum atomic E-state index is -1.75. The Hall–Kier alpha value is -1.56. The van der Waals surface area contributed by atoms with Gasteiger partial charge < -0.3 is 0 Å². The maximum atomic E-state index is 8.55. The van der Waals surface area contributed by atoms with Gasteiger partial charge >= 0.3 is 0 Å². The molecule has 0 radical (unpaired) electrons. The Morgan fingerprint density at radius 2 is 0.873 bits per heavy atom. The van der Waals surface area contributed by atoms with Crippen molar-refractivity contribution in [2.75, 3.05) is 0 Å².